The summed E-state index contributed by atoms with van der Waals surface area (Å²) in [4.78, 5) is 15.3. The van der Waals surface area contributed by atoms with E-state index in [-0.39, 0.29) is 0 Å². The fourth-order valence-electron chi connectivity index (χ4n) is 1.60. The highest BCUT2D eigenvalue weighted by molar-refractivity contribution is 5.81. The average Bonchev–Trinajstić information content (AvgIpc) is 2.26. The molecule has 0 saturated heterocycles. The molecule has 0 amide bonds. The molecular weight excluding hydrogens is 178 g/mol. The van der Waals surface area contributed by atoms with E-state index in [0.29, 0.717) is 11.3 Å². The lowest BCUT2D eigenvalue weighted by Gasteiger charge is -2.11. The Hall–Kier alpha value is -1.35. The van der Waals surface area contributed by atoms with Crippen molar-refractivity contribution in [2.75, 3.05) is 0 Å². The lowest BCUT2D eigenvalue weighted by Crippen LogP contribution is -2.09. The molecule has 3 nitrogen and oxygen atoms in total. The third kappa shape index (κ3) is 1.77. The molecule has 0 aliphatic rings. The molecular formula is C11H14NO2. The highest BCUT2D eigenvalue weighted by Crippen LogP contribution is 2.26. The van der Waals surface area contributed by atoms with Gasteiger partial charge in [0.15, 0.2) is 5.75 Å². The zero-order valence-corrected chi connectivity index (χ0v) is 8.46. The number of carbonyl (C=O) groups excluding carboxylic acids is 1. The van der Waals surface area contributed by atoms with Gasteiger partial charge in [-0.25, -0.2) is 0 Å². The Labute approximate surface area is 83.8 Å². The summed E-state index contributed by atoms with van der Waals surface area (Å²) in [6.45, 7) is 4.06. The van der Waals surface area contributed by atoms with Crippen LogP contribution in [0.15, 0.2) is 12.1 Å². The van der Waals surface area contributed by atoms with Crippen LogP contribution in [-0.4, -0.2) is 6.29 Å². The van der Waals surface area contributed by atoms with Gasteiger partial charge in [0.05, 0.1) is 5.56 Å². The maximum absolute atomic E-state index is 10.6. The minimum atomic E-state index is 0.390. The summed E-state index contributed by atoms with van der Waals surface area (Å²) in [6.07, 6.45) is 3.52. The van der Waals surface area contributed by atoms with Crippen LogP contribution in [0.5, 0.6) is 5.75 Å². The predicted octanol–water partition coefficient (Wildman–Crippen LogP) is 1.52. The summed E-state index contributed by atoms with van der Waals surface area (Å²) < 4.78 is 0. The van der Waals surface area contributed by atoms with Gasteiger partial charge in [0.25, 0.3) is 0 Å². The Morgan fingerprint density at radius 1 is 1.36 bits per heavy atom. The van der Waals surface area contributed by atoms with E-state index >= 15 is 0 Å². The van der Waals surface area contributed by atoms with E-state index in [1.807, 2.05) is 19.3 Å². The van der Waals surface area contributed by atoms with Crippen molar-refractivity contribution in [3.8, 4) is 5.75 Å². The first kappa shape index (κ1) is 10.7. The van der Waals surface area contributed by atoms with E-state index in [4.69, 9.17) is 10.7 Å². The second-order valence-corrected chi connectivity index (χ2v) is 3.01. The van der Waals surface area contributed by atoms with Crippen LogP contribution >= 0.6 is 0 Å². The molecule has 2 N–H and O–H groups in total. The van der Waals surface area contributed by atoms with Gasteiger partial charge in [-0.3, -0.25) is 4.79 Å². The summed E-state index contributed by atoms with van der Waals surface area (Å²) in [6, 6.07) is 3.61. The van der Waals surface area contributed by atoms with Crippen molar-refractivity contribution in [2.45, 2.75) is 26.7 Å². The Bertz CT molecular complexity index is 334. The molecule has 1 aromatic carbocycles. The molecule has 0 saturated carbocycles. The molecule has 0 spiro atoms. The summed E-state index contributed by atoms with van der Waals surface area (Å²) in [5, 5.41) is 0. The third-order valence-electron chi connectivity index (χ3n) is 2.32. The Balaban J connectivity index is 3.35. The molecule has 0 bridgehead atoms. The quantitative estimate of drug-likeness (QED) is 0.736. The molecule has 0 atom stereocenters. The monoisotopic (exact) mass is 192 g/mol. The highest BCUT2D eigenvalue weighted by Gasteiger charge is 2.12. The van der Waals surface area contributed by atoms with Crippen LogP contribution in [0.1, 0.15) is 30.5 Å². The number of benzene rings is 1. The normalized spacial score (nSPS) is 9.93. The molecule has 0 aromatic heterocycles. The van der Waals surface area contributed by atoms with Gasteiger partial charge in [-0.2, -0.15) is 5.90 Å². The van der Waals surface area contributed by atoms with Crippen molar-refractivity contribution in [1.82, 2.24) is 0 Å². The minimum absolute atomic E-state index is 0.390. The van der Waals surface area contributed by atoms with Gasteiger partial charge in [0.1, 0.15) is 0 Å². The van der Waals surface area contributed by atoms with Crippen molar-refractivity contribution in [2.24, 2.45) is 5.90 Å². The van der Waals surface area contributed by atoms with Crippen LogP contribution in [0.2, 0.25) is 0 Å². The lowest BCUT2D eigenvalue weighted by atomic mass is 9.99. The molecule has 0 aliphatic heterocycles. The third-order valence-corrected chi connectivity index (χ3v) is 2.32. The van der Waals surface area contributed by atoms with Gasteiger partial charge in [-0.1, -0.05) is 19.9 Å². The fraction of sp³-hybridized carbons (Fsp3) is 0.364. The Morgan fingerprint density at radius 3 is 2.50 bits per heavy atom. The van der Waals surface area contributed by atoms with Gasteiger partial charge < -0.3 is 4.84 Å². The van der Waals surface area contributed by atoms with Gasteiger partial charge >= 0.3 is 0 Å². The molecule has 75 valence electrons. The Morgan fingerprint density at radius 2 is 2.07 bits per heavy atom. The number of aryl methyl sites for hydroxylation is 1. The molecule has 0 aliphatic carbocycles. The molecule has 0 heterocycles. The smallest absolute Gasteiger partial charge is 0.237 e. The summed E-state index contributed by atoms with van der Waals surface area (Å²) >= 11 is 0. The zero-order chi connectivity index (χ0) is 10.6. The van der Waals surface area contributed by atoms with Gasteiger partial charge in [-0.05, 0) is 24.5 Å². The Kier molecular flexibility index (Phi) is 3.65. The molecule has 1 rings (SSSR count). The second kappa shape index (κ2) is 4.77. The first-order valence-corrected chi connectivity index (χ1v) is 4.68. The van der Waals surface area contributed by atoms with Crippen LogP contribution in [0.4, 0.5) is 0 Å². The lowest BCUT2D eigenvalue weighted by molar-refractivity contribution is 0.329. The maximum Gasteiger partial charge on any atom is 0.237 e. The van der Waals surface area contributed by atoms with E-state index in [2.05, 4.69) is 6.92 Å². The van der Waals surface area contributed by atoms with Crippen molar-refractivity contribution >= 4 is 6.29 Å². The van der Waals surface area contributed by atoms with Gasteiger partial charge in [0, 0.05) is 5.56 Å². The highest BCUT2D eigenvalue weighted by atomic mass is 16.6. The number of rotatable bonds is 4. The van der Waals surface area contributed by atoms with Gasteiger partial charge in [-0.15, -0.1) is 0 Å². The van der Waals surface area contributed by atoms with Crippen LogP contribution in [0.3, 0.4) is 0 Å². The first-order valence-electron chi connectivity index (χ1n) is 4.68. The molecule has 0 fully saturated rings. The largest absolute Gasteiger partial charge is 0.410 e. The van der Waals surface area contributed by atoms with Crippen LogP contribution < -0.4 is 10.7 Å². The fourth-order valence-corrected chi connectivity index (χ4v) is 1.60. The summed E-state index contributed by atoms with van der Waals surface area (Å²) in [7, 11) is 0. The van der Waals surface area contributed by atoms with E-state index in [9.17, 15) is 4.79 Å². The predicted molar refractivity (Wildman–Crippen MR) is 54.8 cm³/mol. The standard InChI is InChI=1S/C11H14NO2/c1-3-8-5-6-9(7-13)11(14-12)10(8)4-2/h5-6H,3-4,12H2,1-2H3. The summed E-state index contributed by atoms with van der Waals surface area (Å²) in [5.41, 5.74) is 2.55. The number of nitrogens with two attached hydrogens (primary N) is 1. The SMILES string of the molecule is CCc1ccc([C]=O)c(ON)c1CC. The van der Waals surface area contributed by atoms with E-state index in [1.54, 1.807) is 6.07 Å². The zero-order valence-electron chi connectivity index (χ0n) is 8.46. The minimum Gasteiger partial charge on any atom is -0.410 e. The van der Waals surface area contributed by atoms with Crippen LogP contribution in [-0.2, 0) is 17.6 Å². The van der Waals surface area contributed by atoms with Gasteiger partial charge in [0.2, 0.25) is 6.29 Å². The number of hydrogen-bond acceptors (Lipinski definition) is 3. The molecule has 0 unspecified atom stereocenters. The number of hydrogen-bond donors (Lipinski definition) is 1. The van der Waals surface area contributed by atoms with Crippen molar-refractivity contribution < 1.29 is 9.63 Å². The maximum atomic E-state index is 10.6. The van der Waals surface area contributed by atoms with E-state index in [1.165, 1.54) is 0 Å². The first-order chi connectivity index (χ1) is 6.78. The van der Waals surface area contributed by atoms with Crippen molar-refractivity contribution in [1.29, 1.82) is 0 Å². The molecule has 1 aromatic rings. The van der Waals surface area contributed by atoms with E-state index in [0.717, 1.165) is 24.0 Å². The van der Waals surface area contributed by atoms with Crippen molar-refractivity contribution in [3.63, 3.8) is 0 Å². The molecule has 3 heteroatoms. The van der Waals surface area contributed by atoms with Crippen LogP contribution in [0, 0.1) is 0 Å². The second-order valence-electron chi connectivity index (χ2n) is 3.01. The summed E-state index contributed by atoms with van der Waals surface area (Å²) in [5.74, 6) is 5.61. The topological polar surface area (TPSA) is 52.3 Å². The van der Waals surface area contributed by atoms with Crippen molar-refractivity contribution in [3.05, 3.63) is 28.8 Å². The van der Waals surface area contributed by atoms with E-state index < -0.39 is 0 Å². The molecule has 14 heavy (non-hydrogen) atoms. The molecule has 1 radical (unpaired) electrons. The average molecular weight is 192 g/mol. The van der Waals surface area contributed by atoms with Crippen LogP contribution in [0.25, 0.3) is 0 Å².